The smallest absolute Gasteiger partial charge is 0.250 e. The molecule has 0 unspecified atom stereocenters. The molecular weight excluding hydrogens is 344 g/mol. The third kappa shape index (κ3) is 3.43. The molecule has 0 spiro atoms. The van der Waals surface area contributed by atoms with Crippen LogP contribution in [0.4, 0.5) is 5.13 Å². The van der Waals surface area contributed by atoms with Gasteiger partial charge < -0.3 is 4.42 Å². The number of hydrogen-bond acceptors (Lipinski definition) is 4. The van der Waals surface area contributed by atoms with E-state index in [-0.39, 0.29) is 5.91 Å². The molecular formula is C21H16N2O2S. The van der Waals surface area contributed by atoms with Crippen LogP contribution >= 0.6 is 11.3 Å². The average Bonchev–Trinajstić information content (AvgIpc) is 3.28. The van der Waals surface area contributed by atoms with Gasteiger partial charge in [0, 0.05) is 17.0 Å². The molecule has 5 heteroatoms. The van der Waals surface area contributed by atoms with Crippen molar-refractivity contribution in [1.29, 1.82) is 0 Å². The summed E-state index contributed by atoms with van der Waals surface area (Å²) in [6.07, 6.45) is 3.08. The van der Waals surface area contributed by atoms with Crippen LogP contribution in [0.2, 0.25) is 0 Å². The zero-order valence-electron chi connectivity index (χ0n) is 14.1. The summed E-state index contributed by atoms with van der Waals surface area (Å²) in [7, 11) is 0. The first-order chi connectivity index (χ1) is 12.7. The minimum absolute atomic E-state index is 0.238. The monoisotopic (exact) mass is 360 g/mol. The normalized spacial score (nSPS) is 11.3. The first-order valence-electron chi connectivity index (χ1n) is 8.18. The third-order valence-corrected chi connectivity index (χ3v) is 4.72. The van der Waals surface area contributed by atoms with Crippen molar-refractivity contribution in [1.82, 2.24) is 4.98 Å². The number of nitrogens with zero attached hydrogens (tertiary/aromatic N) is 1. The van der Waals surface area contributed by atoms with E-state index in [9.17, 15) is 4.79 Å². The summed E-state index contributed by atoms with van der Waals surface area (Å²) in [4.78, 5) is 16.6. The van der Waals surface area contributed by atoms with Crippen LogP contribution in [0.3, 0.4) is 0 Å². The Morgan fingerprint density at radius 2 is 1.96 bits per heavy atom. The lowest BCUT2D eigenvalue weighted by Gasteiger charge is -2.03. The maximum absolute atomic E-state index is 12.1. The van der Waals surface area contributed by atoms with Gasteiger partial charge in [0.2, 0.25) is 5.91 Å². The Labute approximate surface area is 154 Å². The van der Waals surface area contributed by atoms with Crippen molar-refractivity contribution in [2.75, 3.05) is 5.32 Å². The highest BCUT2D eigenvalue weighted by atomic mass is 32.1. The van der Waals surface area contributed by atoms with Gasteiger partial charge in [-0.05, 0) is 35.9 Å². The molecule has 0 aliphatic heterocycles. The van der Waals surface area contributed by atoms with Crippen molar-refractivity contribution in [3.05, 3.63) is 77.6 Å². The molecule has 0 saturated carbocycles. The van der Waals surface area contributed by atoms with Crippen LogP contribution in [0.5, 0.6) is 0 Å². The second-order valence-corrected chi connectivity index (χ2v) is 6.69. The Hall–Kier alpha value is -3.18. The van der Waals surface area contributed by atoms with E-state index in [0.29, 0.717) is 10.9 Å². The van der Waals surface area contributed by atoms with Gasteiger partial charge in [-0.3, -0.25) is 10.1 Å². The number of hydrogen-bond donors (Lipinski definition) is 1. The minimum atomic E-state index is -0.238. The lowest BCUT2D eigenvalue weighted by molar-refractivity contribution is -0.111. The van der Waals surface area contributed by atoms with Gasteiger partial charge >= 0.3 is 0 Å². The van der Waals surface area contributed by atoms with Crippen molar-refractivity contribution in [2.45, 2.75) is 6.92 Å². The van der Waals surface area contributed by atoms with Crippen LogP contribution in [-0.2, 0) is 4.79 Å². The van der Waals surface area contributed by atoms with Gasteiger partial charge in [-0.1, -0.05) is 42.5 Å². The van der Waals surface area contributed by atoms with Crippen molar-refractivity contribution in [2.24, 2.45) is 0 Å². The van der Waals surface area contributed by atoms with Crippen molar-refractivity contribution >= 4 is 39.2 Å². The Morgan fingerprint density at radius 3 is 2.81 bits per heavy atom. The van der Waals surface area contributed by atoms with E-state index in [1.54, 1.807) is 6.08 Å². The molecule has 4 rings (SSSR count). The Bertz CT molecular complexity index is 1100. The van der Waals surface area contributed by atoms with Gasteiger partial charge in [0.25, 0.3) is 0 Å². The molecule has 2 aromatic heterocycles. The maximum Gasteiger partial charge on any atom is 0.250 e. The fraction of sp³-hybridized carbons (Fsp3) is 0.0476. The molecule has 128 valence electrons. The van der Waals surface area contributed by atoms with E-state index >= 15 is 0 Å². The first-order valence-corrected chi connectivity index (χ1v) is 9.06. The Kier molecular flexibility index (Phi) is 4.37. The number of aryl methyl sites for hydroxylation is 1. The number of thiazole rings is 1. The number of furan rings is 1. The van der Waals surface area contributed by atoms with Gasteiger partial charge in [-0.15, -0.1) is 11.3 Å². The second-order valence-electron chi connectivity index (χ2n) is 5.84. The number of amides is 1. The molecule has 2 aromatic carbocycles. The van der Waals surface area contributed by atoms with E-state index in [4.69, 9.17) is 4.42 Å². The second kappa shape index (κ2) is 6.98. The molecule has 0 atom stereocenters. The molecule has 4 aromatic rings. The van der Waals surface area contributed by atoms with E-state index in [0.717, 1.165) is 22.4 Å². The zero-order chi connectivity index (χ0) is 17.9. The zero-order valence-corrected chi connectivity index (χ0v) is 14.9. The van der Waals surface area contributed by atoms with E-state index in [1.165, 1.54) is 22.8 Å². The number of anilines is 1. The van der Waals surface area contributed by atoms with Crippen molar-refractivity contribution < 1.29 is 9.21 Å². The first kappa shape index (κ1) is 16.3. The number of rotatable bonds is 4. The van der Waals surface area contributed by atoms with Crippen LogP contribution < -0.4 is 5.32 Å². The maximum atomic E-state index is 12.1. The number of aromatic nitrogens is 1. The topological polar surface area (TPSA) is 55.1 Å². The fourth-order valence-electron chi connectivity index (χ4n) is 2.75. The molecule has 1 N–H and O–H groups in total. The molecule has 26 heavy (non-hydrogen) atoms. The predicted molar refractivity (Wildman–Crippen MR) is 106 cm³/mol. The van der Waals surface area contributed by atoms with Crippen LogP contribution in [-0.4, -0.2) is 10.9 Å². The van der Waals surface area contributed by atoms with E-state index in [2.05, 4.69) is 28.5 Å². The van der Waals surface area contributed by atoms with Gasteiger partial charge in [0.15, 0.2) is 5.13 Å². The van der Waals surface area contributed by atoms with Crippen LogP contribution in [0, 0.1) is 6.92 Å². The summed E-state index contributed by atoms with van der Waals surface area (Å²) in [6, 6.07) is 18.0. The SMILES string of the molecule is Cc1ccc(C=CC(=O)Nc2nc(-c3cccc4ccccc34)cs2)o1. The Morgan fingerprint density at radius 1 is 1.12 bits per heavy atom. The van der Waals surface area contributed by atoms with Gasteiger partial charge in [0.05, 0.1) is 5.69 Å². The molecule has 2 heterocycles. The molecule has 0 bridgehead atoms. The largest absolute Gasteiger partial charge is 0.462 e. The summed E-state index contributed by atoms with van der Waals surface area (Å²) < 4.78 is 5.41. The van der Waals surface area contributed by atoms with E-state index < -0.39 is 0 Å². The van der Waals surface area contributed by atoms with Crippen LogP contribution in [0.1, 0.15) is 11.5 Å². The summed E-state index contributed by atoms with van der Waals surface area (Å²) in [5.41, 5.74) is 1.91. The summed E-state index contributed by atoms with van der Waals surface area (Å²) in [5, 5.41) is 7.63. The summed E-state index contributed by atoms with van der Waals surface area (Å²) in [5.74, 6) is 1.22. The lowest BCUT2D eigenvalue weighted by atomic mass is 10.0. The number of benzene rings is 2. The highest BCUT2D eigenvalue weighted by Gasteiger charge is 2.09. The molecule has 0 aliphatic carbocycles. The van der Waals surface area contributed by atoms with Crippen LogP contribution in [0.25, 0.3) is 28.1 Å². The number of nitrogens with one attached hydrogen (secondary N) is 1. The predicted octanol–water partition coefficient (Wildman–Crippen LogP) is 5.52. The molecule has 0 radical (unpaired) electrons. The standard InChI is InChI=1S/C21H16N2O2S/c1-14-9-10-16(25-14)11-12-20(24)23-21-22-19(13-26-21)18-8-4-6-15-5-2-3-7-17(15)18/h2-13H,1H3,(H,22,23,24). The molecule has 0 aliphatic rings. The molecule has 4 nitrogen and oxygen atoms in total. The molecule has 0 saturated heterocycles. The summed E-state index contributed by atoms with van der Waals surface area (Å²) in [6.45, 7) is 1.86. The van der Waals surface area contributed by atoms with Crippen molar-refractivity contribution in [3.8, 4) is 11.3 Å². The van der Waals surface area contributed by atoms with Gasteiger partial charge in [-0.25, -0.2) is 4.98 Å². The highest BCUT2D eigenvalue weighted by Crippen LogP contribution is 2.30. The number of fused-ring (bicyclic) bond motifs is 1. The van der Waals surface area contributed by atoms with Crippen molar-refractivity contribution in [3.63, 3.8) is 0 Å². The molecule has 1 amide bonds. The van der Waals surface area contributed by atoms with Gasteiger partial charge in [0.1, 0.15) is 11.5 Å². The van der Waals surface area contributed by atoms with E-state index in [1.807, 2.05) is 48.7 Å². The highest BCUT2D eigenvalue weighted by molar-refractivity contribution is 7.14. The number of carbonyl (C=O) groups excluding carboxylic acids is 1. The Balaban J connectivity index is 1.52. The quantitative estimate of drug-likeness (QED) is 0.488. The average molecular weight is 360 g/mol. The van der Waals surface area contributed by atoms with Gasteiger partial charge in [-0.2, -0.15) is 0 Å². The van der Waals surface area contributed by atoms with Crippen LogP contribution in [0.15, 0.2) is 70.5 Å². The number of carbonyl (C=O) groups is 1. The fourth-order valence-corrected chi connectivity index (χ4v) is 3.47. The molecule has 0 fully saturated rings. The minimum Gasteiger partial charge on any atom is -0.462 e. The lowest BCUT2D eigenvalue weighted by Crippen LogP contribution is -2.07. The summed E-state index contributed by atoms with van der Waals surface area (Å²) >= 11 is 1.41. The third-order valence-electron chi connectivity index (χ3n) is 3.96.